The Kier molecular flexibility index (Phi) is 6.87. The molecule has 1 saturated heterocycles. The Labute approximate surface area is 171 Å². The van der Waals surface area contributed by atoms with E-state index in [1.165, 1.54) is 24.8 Å². The molecule has 0 aliphatic carbocycles. The summed E-state index contributed by atoms with van der Waals surface area (Å²) in [6, 6.07) is 13.4. The van der Waals surface area contributed by atoms with Gasteiger partial charge in [-0.15, -0.1) is 0 Å². The summed E-state index contributed by atoms with van der Waals surface area (Å²) >= 11 is 0. The number of hydrogen-bond donors (Lipinski definition) is 1. The Bertz CT molecular complexity index is 948. The Morgan fingerprint density at radius 1 is 1.07 bits per heavy atom. The van der Waals surface area contributed by atoms with E-state index in [1.54, 1.807) is 36.4 Å². The highest BCUT2D eigenvalue weighted by Crippen LogP contribution is 2.13. The van der Waals surface area contributed by atoms with E-state index in [0.29, 0.717) is 11.3 Å². The number of hydrazone groups is 1. The number of hydrogen-bond acceptors (Lipinski definition) is 5. The van der Waals surface area contributed by atoms with Crippen molar-refractivity contribution in [3.8, 4) is 5.75 Å². The van der Waals surface area contributed by atoms with Crippen molar-refractivity contribution in [1.29, 1.82) is 0 Å². The summed E-state index contributed by atoms with van der Waals surface area (Å²) < 4.78 is 29.9. The number of carbonyl (C=O) groups is 1. The molecule has 0 spiro atoms. The molecule has 2 aromatic carbocycles. The number of piperidine rings is 1. The fourth-order valence-electron chi connectivity index (χ4n) is 2.97. The zero-order valence-electron chi connectivity index (χ0n) is 16.4. The summed E-state index contributed by atoms with van der Waals surface area (Å²) in [5.74, 6) is 0.577. The van der Waals surface area contributed by atoms with Crippen LogP contribution in [0.2, 0.25) is 0 Å². The van der Waals surface area contributed by atoms with Gasteiger partial charge in [0.05, 0.1) is 11.1 Å². The highest BCUT2D eigenvalue weighted by atomic mass is 32.2. The standard InChI is InChI=1S/C21H25N3O4S/c1-17-5-11-20(12-6-17)29(26,27)23-22-15-18-7-9-19(10-8-18)28-16-21(25)24-13-3-2-4-14-24/h5-12,15,23H,2-4,13-14,16H2,1H3. The zero-order valence-corrected chi connectivity index (χ0v) is 17.2. The summed E-state index contributed by atoms with van der Waals surface area (Å²) in [6.45, 7) is 3.51. The van der Waals surface area contributed by atoms with Crippen LogP contribution < -0.4 is 9.57 Å². The van der Waals surface area contributed by atoms with Crippen LogP contribution in [0.5, 0.6) is 5.75 Å². The Morgan fingerprint density at radius 2 is 1.72 bits per heavy atom. The molecule has 1 aliphatic heterocycles. The highest BCUT2D eigenvalue weighted by molar-refractivity contribution is 7.89. The van der Waals surface area contributed by atoms with Crippen LogP contribution in [0.3, 0.4) is 0 Å². The second-order valence-electron chi connectivity index (χ2n) is 6.97. The first kappa shape index (κ1) is 20.9. The van der Waals surface area contributed by atoms with Crippen molar-refractivity contribution in [2.24, 2.45) is 5.10 Å². The summed E-state index contributed by atoms with van der Waals surface area (Å²) in [5.41, 5.74) is 1.68. The molecule has 2 aromatic rings. The number of aryl methyl sites for hydroxylation is 1. The number of carbonyl (C=O) groups excluding carboxylic acids is 1. The molecule has 1 fully saturated rings. The molecule has 0 atom stereocenters. The van der Waals surface area contributed by atoms with Crippen LogP contribution in [0.25, 0.3) is 0 Å². The van der Waals surface area contributed by atoms with Crippen LogP contribution in [0, 0.1) is 6.92 Å². The largest absolute Gasteiger partial charge is 0.484 e. The molecule has 1 heterocycles. The first-order valence-electron chi connectivity index (χ1n) is 9.56. The predicted octanol–water partition coefficient (Wildman–Crippen LogP) is 2.70. The molecule has 0 radical (unpaired) electrons. The van der Waals surface area contributed by atoms with E-state index in [4.69, 9.17) is 4.74 Å². The Balaban J connectivity index is 1.50. The van der Waals surface area contributed by atoms with E-state index in [-0.39, 0.29) is 17.4 Å². The topological polar surface area (TPSA) is 88.1 Å². The monoisotopic (exact) mass is 415 g/mol. The van der Waals surface area contributed by atoms with Crippen molar-refractivity contribution in [2.45, 2.75) is 31.1 Å². The number of likely N-dealkylation sites (tertiary alicyclic amines) is 1. The second kappa shape index (κ2) is 9.56. The molecule has 1 amide bonds. The molecule has 0 bridgehead atoms. The predicted molar refractivity (Wildman–Crippen MR) is 111 cm³/mol. The van der Waals surface area contributed by atoms with Crippen molar-refractivity contribution >= 4 is 22.1 Å². The normalized spacial score (nSPS) is 14.7. The SMILES string of the molecule is Cc1ccc(S(=O)(=O)NN=Cc2ccc(OCC(=O)N3CCCCC3)cc2)cc1. The van der Waals surface area contributed by atoms with Crippen molar-refractivity contribution in [3.05, 3.63) is 59.7 Å². The number of nitrogens with zero attached hydrogens (tertiary/aromatic N) is 2. The van der Waals surface area contributed by atoms with Gasteiger partial charge in [-0.1, -0.05) is 17.7 Å². The van der Waals surface area contributed by atoms with Gasteiger partial charge in [-0.25, -0.2) is 4.83 Å². The molecular formula is C21H25N3O4S. The van der Waals surface area contributed by atoms with Gasteiger partial charge >= 0.3 is 0 Å². The smallest absolute Gasteiger partial charge is 0.276 e. The molecule has 0 aromatic heterocycles. The Hall–Kier alpha value is -2.87. The second-order valence-corrected chi connectivity index (χ2v) is 8.63. The molecule has 3 rings (SSSR count). The van der Waals surface area contributed by atoms with Gasteiger partial charge in [0.15, 0.2) is 6.61 Å². The number of ether oxygens (including phenoxy) is 1. The summed E-state index contributed by atoms with van der Waals surface area (Å²) in [6.07, 6.45) is 4.68. The maximum atomic E-state index is 12.2. The third-order valence-electron chi connectivity index (χ3n) is 4.67. The first-order chi connectivity index (χ1) is 13.9. The van der Waals surface area contributed by atoms with Gasteiger partial charge < -0.3 is 9.64 Å². The maximum absolute atomic E-state index is 12.2. The van der Waals surface area contributed by atoms with Gasteiger partial charge in [-0.05, 0) is 68.1 Å². The van der Waals surface area contributed by atoms with Crippen LogP contribution in [-0.4, -0.2) is 45.1 Å². The lowest BCUT2D eigenvalue weighted by atomic mass is 10.1. The lowest BCUT2D eigenvalue weighted by Crippen LogP contribution is -2.38. The molecule has 154 valence electrons. The third kappa shape index (κ3) is 6.05. The maximum Gasteiger partial charge on any atom is 0.276 e. The Morgan fingerprint density at radius 3 is 2.38 bits per heavy atom. The lowest BCUT2D eigenvalue weighted by Gasteiger charge is -2.26. The highest BCUT2D eigenvalue weighted by Gasteiger charge is 2.16. The first-order valence-corrected chi connectivity index (χ1v) is 11.0. The lowest BCUT2D eigenvalue weighted by molar-refractivity contribution is -0.134. The van der Waals surface area contributed by atoms with Gasteiger partial charge in [0.1, 0.15) is 5.75 Å². The third-order valence-corrected chi connectivity index (χ3v) is 5.91. The molecule has 1 N–H and O–H groups in total. The van der Waals surface area contributed by atoms with Crippen molar-refractivity contribution in [1.82, 2.24) is 9.73 Å². The zero-order chi connectivity index (χ0) is 20.7. The van der Waals surface area contributed by atoms with E-state index in [9.17, 15) is 13.2 Å². The van der Waals surface area contributed by atoms with Gasteiger partial charge in [0.25, 0.3) is 15.9 Å². The molecule has 0 saturated carbocycles. The van der Waals surface area contributed by atoms with Crippen LogP contribution in [-0.2, 0) is 14.8 Å². The van der Waals surface area contributed by atoms with Gasteiger partial charge in [-0.2, -0.15) is 13.5 Å². The van der Waals surface area contributed by atoms with Crippen LogP contribution >= 0.6 is 0 Å². The van der Waals surface area contributed by atoms with Gasteiger partial charge in [0.2, 0.25) is 0 Å². The number of nitrogens with one attached hydrogen (secondary N) is 1. The molecule has 29 heavy (non-hydrogen) atoms. The van der Waals surface area contributed by atoms with E-state index in [2.05, 4.69) is 9.93 Å². The molecular weight excluding hydrogens is 390 g/mol. The molecule has 1 aliphatic rings. The fourth-order valence-corrected chi connectivity index (χ4v) is 3.76. The summed E-state index contributed by atoms with van der Waals surface area (Å²) in [4.78, 5) is 16.3. The van der Waals surface area contributed by atoms with E-state index >= 15 is 0 Å². The number of sulfonamides is 1. The average Bonchev–Trinajstić information content (AvgIpc) is 2.74. The van der Waals surface area contributed by atoms with Gasteiger partial charge in [0, 0.05) is 13.1 Å². The molecule has 7 nitrogen and oxygen atoms in total. The summed E-state index contributed by atoms with van der Waals surface area (Å²) in [5, 5.41) is 3.81. The van der Waals surface area contributed by atoms with E-state index < -0.39 is 10.0 Å². The minimum absolute atomic E-state index is 0.000788. The minimum atomic E-state index is -3.70. The van der Waals surface area contributed by atoms with Gasteiger partial charge in [-0.3, -0.25) is 4.79 Å². The quantitative estimate of drug-likeness (QED) is 0.556. The summed E-state index contributed by atoms with van der Waals surface area (Å²) in [7, 11) is -3.70. The average molecular weight is 416 g/mol. The number of amides is 1. The van der Waals surface area contributed by atoms with Crippen LogP contribution in [0.1, 0.15) is 30.4 Å². The van der Waals surface area contributed by atoms with E-state index in [1.807, 2.05) is 11.8 Å². The van der Waals surface area contributed by atoms with Crippen LogP contribution in [0.4, 0.5) is 0 Å². The molecule has 8 heteroatoms. The van der Waals surface area contributed by atoms with Crippen molar-refractivity contribution in [2.75, 3.05) is 19.7 Å². The van der Waals surface area contributed by atoms with Crippen molar-refractivity contribution in [3.63, 3.8) is 0 Å². The minimum Gasteiger partial charge on any atom is -0.484 e. The number of benzene rings is 2. The number of rotatable bonds is 7. The molecule has 0 unspecified atom stereocenters. The van der Waals surface area contributed by atoms with Crippen molar-refractivity contribution < 1.29 is 17.9 Å². The van der Waals surface area contributed by atoms with Crippen LogP contribution in [0.15, 0.2) is 58.5 Å². The fraction of sp³-hybridized carbons (Fsp3) is 0.333. The van der Waals surface area contributed by atoms with E-state index in [0.717, 1.165) is 31.5 Å².